The molecule has 2 saturated carbocycles. The lowest BCUT2D eigenvalue weighted by atomic mass is 10.0. The fourth-order valence-corrected chi connectivity index (χ4v) is 6.88. The highest BCUT2D eigenvalue weighted by molar-refractivity contribution is 5.87. The van der Waals surface area contributed by atoms with Gasteiger partial charge in [0.15, 0.2) is 11.6 Å². The topological polar surface area (TPSA) is 151 Å². The van der Waals surface area contributed by atoms with E-state index in [2.05, 4.69) is 15.3 Å². The van der Waals surface area contributed by atoms with E-state index < -0.39 is 51.6 Å². The number of aryl methyl sites for hydroxylation is 2. The predicted octanol–water partition coefficient (Wildman–Crippen LogP) is 4.82. The largest absolute Gasteiger partial charge is 0.444 e. The second kappa shape index (κ2) is 12.8. The molecule has 7 rings (SSSR count). The first kappa shape index (κ1) is 35.0. The number of nitrogens with zero attached hydrogens (tertiary/aromatic N) is 3. The number of hydrogen-bond donors (Lipinski definition) is 3. The first-order valence-electron chi connectivity index (χ1n) is 16.8. The highest BCUT2D eigenvalue weighted by Gasteiger charge is 2.34. The molecule has 3 fully saturated rings. The van der Waals surface area contributed by atoms with Gasteiger partial charge in [0.2, 0.25) is 0 Å². The molecule has 1 aliphatic heterocycles. The second-order valence-electron chi connectivity index (χ2n) is 14.6. The normalized spacial score (nSPS) is 18.3. The van der Waals surface area contributed by atoms with Crippen molar-refractivity contribution in [2.75, 3.05) is 18.0 Å². The number of aromatic amines is 2. The minimum absolute atomic E-state index is 0.0000926. The summed E-state index contributed by atoms with van der Waals surface area (Å²) >= 11 is 0. The van der Waals surface area contributed by atoms with Crippen LogP contribution in [0.5, 0.6) is 0 Å². The van der Waals surface area contributed by atoms with Crippen molar-refractivity contribution < 1.29 is 22.7 Å². The summed E-state index contributed by atoms with van der Waals surface area (Å²) in [6.45, 7) is 11.7. The lowest BCUT2D eigenvalue weighted by Gasteiger charge is -2.26. The Morgan fingerprint density at radius 2 is 1.34 bits per heavy atom. The van der Waals surface area contributed by atoms with E-state index in [1.54, 1.807) is 11.5 Å². The van der Waals surface area contributed by atoms with E-state index in [4.69, 9.17) is 4.74 Å². The minimum atomic E-state index is -1.08. The number of fused-ring (bicyclic) bond motifs is 2. The van der Waals surface area contributed by atoms with Gasteiger partial charge >= 0.3 is 17.5 Å². The van der Waals surface area contributed by atoms with E-state index in [0.717, 1.165) is 38.2 Å². The zero-order chi connectivity index (χ0) is 36.4. The van der Waals surface area contributed by atoms with Crippen molar-refractivity contribution in [3.63, 3.8) is 0 Å². The number of alkyl carbamates (subject to hydrolysis) is 1. The van der Waals surface area contributed by atoms with Crippen molar-refractivity contribution in [3.05, 3.63) is 82.4 Å². The maximum absolute atomic E-state index is 15.2. The van der Waals surface area contributed by atoms with Gasteiger partial charge < -0.3 is 15.0 Å². The zero-order valence-corrected chi connectivity index (χ0v) is 28.8. The summed E-state index contributed by atoms with van der Waals surface area (Å²) in [5.41, 5.74) is -1.10. The van der Waals surface area contributed by atoms with Gasteiger partial charge in [-0.3, -0.25) is 28.7 Å². The van der Waals surface area contributed by atoms with E-state index in [1.165, 1.54) is 17.6 Å². The number of anilines is 1. The Hall–Kier alpha value is -4.82. The molecule has 1 saturated heterocycles. The molecule has 4 aromatic rings. The molecule has 268 valence electrons. The van der Waals surface area contributed by atoms with Gasteiger partial charge in [0, 0.05) is 42.3 Å². The van der Waals surface area contributed by atoms with E-state index in [9.17, 15) is 32.8 Å². The van der Waals surface area contributed by atoms with Gasteiger partial charge in [-0.25, -0.2) is 27.6 Å². The fraction of sp³-hybridized carbons (Fsp3) is 0.514. The summed E-state index contributed by atoms with van der Waals surface area (Å²) in [4.78, 5) is 66.8. The van der Waals surface area contributed by atoms with Crippen LogP contribution in [-0.4, -0.2) is 49.9 Å². The number of rotatable bonds is 5. The zero-order valence-electron chi connectivity index (χ0n) is 28.8. The lowest BCUT2D eigenvalue weighted by Crippen LogP contribution is -2.42. The highest BCUT2D eigenvalue weighted by Crippen LogP contribution is 2.40. The minimum Gasteiger partial charge on any atom is -0.444 e. The number of amides is 1. The third-order valence-corrected chi connectivity index (χ3v) is 9.55. The summed E-state index contributed by atoms with van der Waals surface area (Å²) < 4.78 is 50.4. The molecule has 2 atom stereocenters. The van der Waals surface area contributed by atoms with Crippen molar-refractivity contribution >= 4 is 33.6 Å². The van der Waals surface area contributed by atoms with Crippen LogP contribution in [0.2, 0.25) is 0 Å². The highest BCUT2D eigenvalue weighted by atomic mass is 19.2. The lowest BCUT2D eigenvalue weighted by molar-refractivity contribution is 0.0494. The number of H-pyrrole nitrogens is 2. The van der Waals surface area contributed by atoms with Crippen LogP contribution in [0.3, 0.4) is 0 Å². The monoisotopic (exact) mass is 698 g/mol. The van der Waals surface area contributed by atoms with Crippen LogP contribution < -0.4 is 32.7 Å². The molecule has 0 radical (unpaired) electrons. The van der Waals surface area contributed by atoms with Gasteiger partial charge in [0.25, 0.3) is 11.1 Å². The molecule has 0 unspecified atom stereocenters. The number of carbonyl (C=O) groups is 1. The molecule has 0 spiro atoms. The average Bonchev–Trinajstić information content (AvgIpc) is 3.96. The quantitative estimate of drug-likeness (QED) is 0.270. The van der Waals surface area contributed by atoms with Crippen molar-refractivity contribution in [3.8, 4) is 0 Å². The first-order chi connectivity index (χ1) is 23.5. The molecule has 50 heavy (non-hydrogen) atoms. The van der Waals surface area contributed by atoms with E-state index in [1.807, 2.05) is 32.6 Å². The predicted molar refractivity (Wildman–Crippen MR) is 183 cm³/mol. The number of halogens is 3. The van der Waals surface area contributed by atoms with Gasteiger partial charge in [-0.05, 0) is 91.7 Å². The molecule has 15 heteroatoms. The molecule has 1 amide bonds. The Balaban J connectivity index is 0.000000202. The Morgan fingerprint density at radius 1 is 0.840 bits per heavy atom. The Morgan fingerprint density at radius 3 is 1.84 bits per heavy atom. The molecule has 3 heterocycles. The summed E-state index contributed by atoms with van der Waals surface area (Å²) in [5, 5.41) is 3.10. The maximum atomic E-state index is 15.2. The summed E-state index contributed by atoms with van der Waals surface area (Å²) in [7, 11) is 0. The van der Waals surface area contributed by atoms with Crippen LogP contribution in [0.4, 0.5) is 23.7 Å². The molecule has 3 aliphatic rings. The van der Waals surface area contributed by atoms with E-state index >= 15 is 4.39 Å². The van der Waals surface area contributed by atoms with Crippen LogP contribution in [0, 0.1) is 37.2 Å². The van der Waals surface area contributed by atoms with Gasteiger partial charge in [0.1, 0.15) is 11.4 Å². The van der Waals surface area contributed by atoms with Crippen molar-refractivity contribution in [2.45, 2.75) is 97.4 Å². The third-order valence-electron chi connectivity index (χ3n) is 9.55. The van der Waals surface area contributed by atoms with Crippen molar-refractivity contribution in [1.82, 2.24) is 24.4 Å². The molecule has 2 aromatic heterocycles. The Bertz CT molecular complexity index is 2260. The van der Waals surface area contributed by atoms with Crippen molar-refractivity contribution in [1.29, 1.82) is 0 Å². The number of hydrogen-bond acceptors (Lipinski definition) is 7. The third kappa shape index (κ3) is 6.69. The van der Waals surface area contributed by atoms with Crippen LogP contribution in [0.15, 0.2) is 31.3 Å². The van der Waals surface area contributed by atoms with Crippen LogP contribution in [-0.2, 0) is 4.74 Å². The molecule has 2 aliphatic carbocycles. The molecular weight excluding hydrogens is 657 g/mol. The average molecular weight is 699 g/mol. The molecule has 3 N–H and O–H groups in total. The van der Waals surface area contributed by atoms with Crippen LogP contribution >= 0.6 is 0 Å². The summed E-state index contributed by atoms with van der Waals surface area (Å²) in [5.74, 6) is -2.45. The summed E-state index contributed by atoms with van der Waals surface area (Å²) in [6, 6.07) is 1.95. The van der Waals surface area contributed by atoms with E-state index in [-0.39, 0.29) is 45.9 Å². The number of carbonyl (C=O) groups excluding carboxylic acids is 1. The fourth-order valence-electron chi connectivity index (χ4n) is 6.88. The molecular formula is C35H41F3N6O6. The second-order valence-corrected chi connectivity index (χ2v) is 14.6. The molecule has 12 nitrogen and oxygen atoms in total. The molecule has 0 bridgehead atoms. The Kier molecular flexibility index (Phi) is 8.97. The van der Waals surface area contributed by atoms with E-state index in [0.29, 0.717) is 29.9 Å². The number of aromatic nitrogens is 4. The first-order valence-corrected chi connectivity index (χ1v) is 16.8. The summed E-state index contributed by atoms with van der Waals surface area (Å²) in [6.07, 6.45) is 3.65. The van der Waals surface area contributed by atoms with Crippen molar-refractivity contribution in [2.24, 2.45) is 5.92 Å². The van der Waals surface area contributed by atoms with Gasteiger partial charge in [-0.1, -0.05) is 0 Å². The number of benzene rings is 2. The van der Waals surface area contributed by atoms with Crippen LogP contribution in [0.25, 0.3) is 21.8 Å². The number of ether oxygens (including phenoxy) is 1. The number of nitrogens with one attached hydrogen (secondary N) is 3. The van der Waals surface area contributed by atoms with Crippen LogP contribution in [0.1, 0.15) is 83.0 Å². The van der Waals surface area contributed by atoms with Gasteiger partial charge in [-0.2, -0.15) is 0 Å². The smallest absolute Gasteiger partial charge is 0.407 e. The maximum Gasteiger partial charge on any atom is 0.407 e. The van der Waals surface area contributed by atoms with Gasteiger partial charge in [0.05, 0.1) is 27.5 Å². The SMILES string of the molecule is Cc1c(F)c(F)cc2c(=O)[nH]c(=O)n(C3CC3)c12.Cc1c(N2CC[C@@H]([C@H](C)NC(=O)OC(C)(C)C)C2)c(F)cc2c(=O)[nH]c(=O)n(C3CC3)c12. The van der Waals surface area contributed by atoms with Gasteiger partial charge in [-0.15, -0.1) is 0 Å². The molecule has 2 aromatic carbocycles. The Labute approximate surface area is 284 Å². The standard InChI is InChI=1S/C23H31FN4O4.C12H10F2N2O2/c1-12-18-16(20(29)26-21(30)28(18)15-6-7-15)10-17(24)19(12)27-9-8-14(11-27)13(2)25-22(31)32-23(3,4)5;1-5-9(14)8(13)4-7-10(5)16(6-2-3-6)12(18)15-11(7)17/h10,13-15H,6-9,11H2,1-5H3,(H,25,31)(H,26,29,30);4,6H,2-3H2,1H3,(H,15,17,18)/t13-,14+;/m0./s1.